The summed E-state index contributed by atoms with van der Waals surface area (Å²) in [6.07, 6.45) is 0.0361. The summed E-state index contributed by atoms with van der Waals surface area (Å²) >= 11 is 5.96. The molecule has 1 amide bonds. The molecule has 1 aromatic carbocycles. The molecule has 2 aromatic heterocycles. The Hall–Kier alpha value is -2.87. The van der Waals surface area contributed by atoms with Crippen molar-refractivity contribution in [1.82, 2.24) is 14.8 Å². The number of nitrogens with one attached hydrogen (secondary N) is 1. The van der Waals surface area contributed by atoms with Crippen molar-refractivity contribution in [2.75, 3.05) is 5.32 Å². The van der Waals surface area contributed by atoms with Crippen molar-refractivity contribution in [3.8, 4) is 5.69 Å². The van der Waals surface area contributed by atoms with Crippen molar-refractivity contribution in [2.24, 2.45) is 0 Å². The summed E-state index contributed by atoms with van der Waals surface area (Å²) in [5.41, 5.74) is 0.903. The maximum Gasteiger partial charge on any atom is 0.435 e. The van der Waals surface area contributed by atoms with Crippen molar-refractivity contribution in [1.29, 1.82) is 0 Å². The largest absolute Gasteiger partial charge is 0.435 e. The van der Waals surface area contributed by atoms with Crippen LogP contribution in [0.2, 0.25) is 5.02 Å². The van der Waals surface area contributed by atoms with E-state index in [0.717, 1.165) is 18.9 Å². The van der Waals surface area contributed by atoms with E-state index in [1.54, 1.807) is 24.3 Å². The highest BCUT2D eigenvalue weighted by Gasteiger charge is 2.38. The highest BCUT2D eigenvalue weighted by Crippen LogP contribution is 2.43. The highest BCUT2D eigenvalue weighted by molar-refractivity contribution is 6.34. The van der Waals surface area contributed by atoms with Gasteiger partial charge >= 0.3 is 6.18 Å². The SMILES string of the molecule is O=C(Nc1ccc(-n2nc(C(F)(F)F)cc2C2CC2)cc1)c1ccncc1Cl. The van der Waals surface area contributed by atoms with E-state index >= 15 is 0 Å². The van der Waals surface area contributed by atoms with Crippen LogP contribution in [0.1, 0.15) is 40.5 Å². The lowest BCUT2D eigenvalue weighted by Crippen LogP contribution is -2.12. The van der Waals surface area contributed by atoms with Gasteiger partial charge in [0.2, 0.25) is 0 Å². The highest BCUT2D eigenvalue weighted by atomic mass is 35.5. The normalized spacial score (nSPS) is 14.1. The van der Waals surface area contributed by atoms with Crippen LogP contribution in [-0.2, 0) is 6.18 Å². The Morgan fingerprint density at radius 3 is 2.50 bits per heavy atom. The number of halogens is 4. The summed E-state index contributed by atoms with van der Waals surface area (Å²) in [6, 6.07) is 9.04. The van der Waals surface area contributed by atoms with Crippen molar-refractivity contribution in [3.63, 3.8) is 0 Å². The summed E-state index contributed by atoms with van der Waals surface area (Å²) in [4.78, 5) is 16.1. The molecule has 144 valence electrons. The molecule has 1 N–H and O–H groups in total. The number of carbonyl (C=O) groups is 1. The monoisotopic (exact) mass is 406 g/mol. The number of hydrogen-bond acceptors (Lipinski definition) is 3. The number of aromatic nitrogens is 3. The molecule has 1 saturated carbocycles. The summed E-state index contributed by atoms with van der Waals surface area (Å²) in [7, 11) is 0. The molecule has 5 nitrogen and oxygen atoms in total. The van der Waals surface area contributed by atoms with Crippen LogP contribution in [0, 0.1) is 0 Å². The van der Waals surface area contributed by atoms with E-state index in [4.69, 9.17) is 11.6 Å². The van der Waals surface area contributed by atoms with E-state index in [-0.39, 0.29) is 16.5 Å². The van der Waals surface area contributed by atoms with Crippen LogP contribution >= 0.6 is 11.6 Å². The summed E-state index contributed by atoms with van der Waals surface area (Å²) < 4.78 is 40.5. The Kier molecular flexibility index (Phi) is 4.58. The van der Waals surface area contributed by atoms with Gasteiger partial charge in [-0.25, -0.2) is 4.68 Å². The molecule has 4 rings (SSSR count). The number of carbonyl (C=O) groups excluding carboxylic acids is 1. The molecule has 1 aliphatic rings. The number of benzene rings is 1. The number of amides is 1. The molecule has 3 aromatic rings. The zero-order valence-corrected chi connectivity index (χ0v) is 15.1. The van der Waals surface area contributed by atoms with Crippen LogP contribution in [0.25, 0.3) is 5.69 Å². The van der Waals surface area contributed by atoms with Gasteiger partial charge in [-0.1, -0.05) is 11.6 Å². The first-order valence-electron chi connectivity index (χ1n) is 8.51. The third-order valence-corrected chi connectivity index (χ3v) is 4.71. The molecule has 0 spiro atoms. The average molecular weight is 407 g/mol. The van der Waals surface area contributed by atoms with Gasteiger partial charge in [0.1, 0.15) is 0 Å². The van der Waals surface area contributed by atoms with Crippen LogP contribution in [0.15, 0.2) is 48.8 Å². The standard InChI is InChI=1S/C19H14ClF3N4O/c20-15-10-24-8-7-14(15)18(28)25-12-3-5-13(6-4-12)27-16(11-1-2-11)9-17(26-27)19(21,22)23/h3-11H,1-2H2,(H,25,28). The number of nitrogens with zero attached hydrogens (tertiary/aromatic N) is 3. The minimum Gasteiger partial charge on any atom is -0.322 e. The van der Waals surface area contributed by atoms with Gasteiger partial charge in [-0.2, -0.15) is 18.3 Å². The van der Waals surface area contributed by atoms with Crippen LogP contribution in [0.5, 0.6) is 0 Å². The Bertz CT molecular complexity index is 1030. The molecule has 9 heteroatoms. The predicted octanol–water partition coefficient (Wildman–Crippen LogP) is 5.07. The first kappa shape index (κ1) is 18.5. The van der Waals surface area contributed by atoms with Crippen molar-refractivity contribution in [2.45, 2.75) is 24.9 Å². The number of rotatable bonds is 4. The van der Waals surface area contributed by atoms with Gasteiger partial charge < -0.3 is 5.32 Å². The van der Waals surface area contributed by atoms with Crippen LogP contribution in [-0.4, -0.2) is 20.7 Å². The lowest BCUT2D eigenvalue weighted by Gasteiger charge is -2.09. The lowest BCUT2D eigenvalue weighted by atomic mass is 10.2. The molecule has 2 heterocycles. The fourth-order valence-corrected chi connectivity index (χ4v) is 3.06. The second-order valence-corrected chi connectivity index (χ2v) is 6.90. The van der Waals surface area contributed by atoms with Crippen molar-refractivity contribution in [3.05, 3.63) is 70.8 Å². The molecular formula is C19H14ClF3N4O. The van der Waals surface area contributed by atoms with E-state index in [1.165, 1.54) is 23.1 Å². The maximum absolute atomic E-state index is 13.0. The van der Waals surface area contributed by atoms with Gasteiger partial charge in [-0.05, 0) is 49.2 Å². The van der Waals surface area contributed by atoms with Gasteiger partial charge in [-0.3, -0.25) is 9.78 Å². The number of pyridine rings is 1. The summed E-state index contributed by atoms with van der Waals surface area (Å²) in [5, 5.41) is 6.66. The lowest BCUT2D eigenvalue weighted by molar-refractivity contribution is -0.141. The molecule has 28 heavy (non-hydrogen) atoms. The summed E-state index contributed by atoms with van der Waals surface area (Å²) in [6.45, 7) is 0. The van der Waals surface area contributed by atoms with E-state index < -0.39 is 17.8 Å². The fourth-order valence-electron chi connectivity index (χ4n) is 2.85. The quantitative estimate of drug-likeness (QED) is 0.658. The molecule has 0 aliphatic heterocycles. The molecule has 0 radical (unpaired) electrons. The predicted molar refractivity (Wildman–Crippen MR) is 97.7 cm³/mol. The minimum atomic E-state index is -4.49. The van der Waals surface area contributed by atoms with Gasteiger partial charge in [0, 0.05) is 29.7 Å². The average Bonchev–Trinajstić information content (AvgIpc) is 3.39. The third kappa shape index (κ3) is 3.73. The van der Waals surface area contributed by atoms with E-state index in [9.17, 15) is 18.0 Å². The maximum atomic E-state index is 13.0. The third-order valence-electron chi connectivity index (χ3n) is 4.41. The van der Waals surface area contributed by atoms with Crippen LogP contribution in [0.4, 0.5) is 18.9 Å². The second-order valence-electron chi connectivity index (χ2n) is 6.49. The second kappa shape index (κ2) is 6.94. The van der Waals surface area contributed by atoms with Crippen molar-refractivity contribution < 1.29 is 18.0 Å². The number of hydrogen-bond donors (Lipinski definition) is 1. The van der Waals surface area contributed by atoms with E-state index in [2.05, 4.69) is 15.4 Å². The molecule has 0 saturated heterocycles. The topological polar surface area (TPSA) is 59.8 Å². The van der Waals surface area contributed by atoms with E-state index in [1.807, 2.05) is 0 Å². The first-order valence-corrected chi connectivity index (χ1v) is 8.89. The van der Waals surface area contributed by atoms with Gasteiger partial charge in [-0.15, -0.1) is 0 Å². The van der Waals surface area contributed by atoms with Gasteiger partial charge in [0.15, 0.2) is 5.69 Å². The number of alkyl halides is 3. The van der Waals surface area contributed by atoms with Crippen molar-refractivity contribution >= 4 is 23.2 Å². The molecular weight excluding hydrogens is 393 g/mol. The smallest absolute Gasteiger partial charge is 0.322 e. The molecule has 1 fully saturated rings. The Morgan fingerprint density at radius 1 is 1.18 bits per heavy atom. The van der Waals surface area contributed by atoms with E-state index in [0.29, 0.717) is 17.1 Å². The van der Waals surface area contributed by atoms with Crippen LogP contribution in [0.3, 0.4) is 0 Å². The molecule has 0 bridgehead atoms. The Balaban J connectivity index is 1.58. The molecule has 0 atom stereocenters. The fraction of sp³-hybridized carbons (Fsp3) is 0.211. The zero-order chi connectivity index (χ0) is 19.9. The Labute approximate surface area is 163 Å². The minimum absolute atomic E-state index is 0.0943. The first-order chi connectivity index (χ1) is 13.3. The van der Waals surface area contributed by atoms with Crippen LogP contribution < -0.4 is 5.32 Å². The zero-order valence-electron chi connectivity index (χ0n) is 14.4. The molecule has 0 unspecified atom stereocenters. The number of anilines is 1. The van der Waals surface area contributed by atoms with Gasteiger partial charge in [0.05, 0.1) is 16.3 Å². The molecule has 1 aliphatic carbocycles. The summed E-state index contributed by atoms with van der Waals surface area (Å²) in [5.74, 6) is -0.311. The van der Waals surface area contributed by atoms with Gasteiger partial charge in [0.25, 0.3) is 5.91 Å². The Morgan fingerprint density at radius 2 is 1.89 bits per heavy atom.